The van der Waals surface area contributed by atoms with Crippen molar-refractivity contribution in [3.8, 4) is 5.75 Å². The van der Waals surface area contributed by atoms with Crippen molar-refractivity contribution in [1.82, 2.24) is 5.32 Å². The summed E-state index contributed by atoms with van der Waals surface area (Å²) in [6, 6.07) is 15.2. The van der Waals surface area contributed by atoms with Crippen molar-refractivity contribution in [3.63, 3.8) is 0 Å². The number of methoxy groups -OCH3 is 1. The van der Waals surface area contributed by atoms with Crippen LogP contribution in [0.3, 0.4) is 0 Å². The molecule has 0 fully saturated rings. The second-order valence-corrected chi connectivity index (χ2v) is 6.47. The molecule has 24 heavy (non-hydrogen) atoms. The molecule has 0 spiro atoms. The number of amides is 2. The van der Waals surface area contributed by atoms with E-state index in [9.17, 15) is 4.79 Å². The van der Waals surface area contributed by atoms with Gasteiger partial charge in [0.1, 0.15) is 5.75 Å². The number of ether oxygens (including phenoxy) is 1. The summed E-state index contributed by atoms with van der Waals surface area (Å²) in [5, 5.41) is 5.62. The summed E-state index contributed by atoms with van der Waals surface area (Å²) in [5.74, 6) is 0.758. The first-order chi connectivity index (χ1) is 11.4. The molecule has 4 nitrogen and oxygen atoms in total. The van der Waals surface area contributed by atoms with E-state index in [4.69, 9.17) is 4.74 Å². The molecule has 0 unspecified atom stereocenters. The van der Waals surface area contributed by atoms with Crippen LogP contribution in [0, 0.1) is 0 Å². The van der Waals surface area contributed by atoms with Gasteiger partial charge >= 0.3 is 6.03 Å². The molecule has 0 aliphatic heterocycles. The molecule has 0 saturated heterocycles. The Morgan fingerprint density at radius 1 is 1.04 bits per heavy atom. The highest BCUT2D eigenvalue weighted by atomic mass is 16.5. The second-order valence-electron chi connectivity index (χ2n) is 6.47. The van der Waals surface area contributed by atoms with Crippen LogP contribution in [-0.2, 0) is 5.41 Å². The largest absolute Gasteiger partial charge is 0.496 e. The van der Waals surface area contributed by atoms with Gasteiger partial charge in [0.2, 0.25) is 0 Å². The number of rotatable bonds is 4. The molecule has 0 bridgehead atoms. The summed E-state index contributed by atoms with van der Waals surface area (Å²) in [5.41, 5.74) is 2.76. The van der Waals surface area contributed by atoms with Crippen LogP contribution < -0.4 is 15.4 Å². The summed E-state index contributed by atoms with van der Waals surface area (Å²) >= 11 is 0. The van der Waals surface area contributed by atoms with E-state index in [-0.39, 0.29) is 11.4 Å². The zero-order chi connectivity index (χ0) is 17.6. The Balaban J connectivity index is 2.03. The van der Waals surface area contributed by atoms with Crippen LogP contribution in [0.5, 0.6) is 5.75 Å². The molecular formula is C20H24N2O2. The lowest BCUT2D eigenvalue weighted by Gasteiger charge is -2.22. The van der Waals surface area contributed by atoms with Crippen molar-refractivity contribution in [1.29, 1.82) is 0 Å². The zero-order valence-electron chi connectivity index (χ0n) is 14.6. The van der Waals surface area contributed by atoms with Gasteiger partial charge in [-0.15, -0.1) is 0 Å². The predicted molar refractivity (Wildman–Crippen MR) is 99.3 cm³/mol. The summed E-state index contributed by atoms with van der Waals surface area (Å²) in [6.07, 6.45) is 3.40. The van der Waals surface area contributed by atoms with Crippen LogP contribution in [0.4, 0.5) is 10.5 Å². The summed E-state index contributed by atoms with van der Waals surface area (Å²) < 4.78 is 5.27. The minimum atomic E-state index is -0.280. The van der Waals surface area contributed by atoms with E-state index in [1.165, 1.54) is 0 Å². The monoisotopic (exact) mass is 324 g/mol. The third-order valence-corrected chi connectivity index (χ3v) is 3.60. The van der Waals surface area contributed by atoms with Gasteiger partial charge in [-0.2, -0.15) is 0 Å². The summed E-state index contributed by atoms with van der Waals surface area (Å²) in [6.45, 7) is 6.35. The maximum Gasteiger partial charge on any atom is 0.323 e. The highest BCUT2D eigenvalue weighted by Crippen LogP contribution is 2.29. The van der Waals surface area contributed by atoms with Gasteiger partial charge in [0, 0.05) is 17.5 Å². The molecule has 126 valence electrons. The molecule has 0 saturated carbocycles. The molecule has 2 N–H and O–H groups in total. The molecule has 0 atom stereocenters. The Morgan fingerprint density at radius 2 is 1.71 bits per heavy atom. The number of carbonyl (C=O) groups is 1. The maximum absolute atomic E-state index is 12.1. The van der Waals surface area contributed by atoms with E-state index in [0.717, 1.165) is 22.6 Å². The van der Waals surface area contributed by atoms with Gasteiger partial charge in [0.25, 0.3) is 0 Å². The summed E-state index contributed by atoms with van der Waals surface area (Å²) in [4.78, 5) is 12.1. The number of anilines is 1. The topological polar surface area (TPSA) is 50.4 Å². The first kappa shape index (κ1) is 17.6. The fourth-order valence-corrected chi connectivity index (χ4v) is 2.42. The number of carbonyl (C=O) groups excluding carboxylic acids is 1. The molecule has 2 rings (SSSR count). The normalized spacial score (nSPS) is 11.3. The van der Waals surface area contributed by atoms with Crippen molar-refractivity contribution < 1.29 is 9.53 Å². The van der Waals surface area contributed by atoms with E-state index in [2.05, 4.69) is 31.4 Å². The molecule has 0 aliphatic rings. The van der Waals surface area contributed by atoms with Crippen LogP contribution in [0.1, 0.15) is 31.9 Å². The Labute approximate surface area is 143 Å². The van der Waals surface area contributed by atoms with Gasteiger partial charge in [-0.3, -0.25) is 0 Å². The van der Waals surface area contributed by atoms with Crippen molar-refractivity contribution in [2.45, 2.75) is 26.2 Å². The molecule has 0 heterocycles. The second kappa shape index (κ2) is 7.68. The first-order valence-electron chi connectivity index (χ1n) is 7.88. The van der Waals surface area contributed by atoms with Gasteiger partial charge in [0.05, 0.1) is 7.11 Å². The number of para-hydroxylation sites is 2. The van der Waals surface area contributed by atoms with Crippen LogP contribution >= 0.6 is 0 Å². The van der Waals surface area contributed by atoms with Gasteiger partial charge in [0.15, 0.2) is 0 Å². The summed E-state index contributed by atoms with van der Waals surface area (Å²) in [7, 11) is 1.62. The Bertz CT molecular complexity index is 730. The number of hydrogen-bond acceptors (Lipinski definition) is 2. The quantitative estimate of drug-likeness (QED) is 0.850. The Hall–Kier alpha value is -2.75. The maximum atomic E-state index is 12.1. The lowest BCUT2D eigenvalue weighted by Crippen LogP contribution is -2.26. The SMILES string of the molecule is COc1ccccc1/C=C/NC(=O)Nc1ccccc1C(C)(C)C. The fraction of sp³-hybridized carbons (Fsp3) is 0.250. The van der Waals surface area contributed by atoms with Crippen molar-refractivity contribution in [3.05, 3.63) is 65.9 Å². The number of benzene rings is 2. The number of nitrogens with one attached hydrogen (secondary N) is 2. The Morgan fingerprint density at radius 3 is 2.42 bits per heavy atom. The molecule has 0 aromatic heterocycles. The van der Waals surface area contributed by atoms with E-state index in [1.807, 2.05) is 48.5 Å². The first-order valence-corrected chi connectivity index (χ1v) is 7.88. The molecule has 2 aromatic carbocycles. The minimum absolute atomic E-state index is 0.0445. The van der Waals surface area contributed by atoms with E-state index in [0.29, 0.717) is 0 Å². The lowest BCUT2D eigenvalue weighted by molar-refractivity contribution is 0.255. The van der Waals surface area contributed by atoms with Crippen LogP contribution in [0.25, 0.3) is 6.08 Å². The van der Waals surface area contributed by atoms with Crippen LogP contribution in [0.15, 0.2) is 54.7 Å². The number of urea groups is 1. The molecule has 2 aromatic rings. The lowest BCUT2D eigenvalue weighted by atomic mass is 9.86. The third-order valence-electron chi connectivity index (χ3n) is 3.60. The molecular weight excluding hydrogens is 300 g/mol. The Kier molecular flexibility index (Phi) is 5.64. The average Bonchev–Trinajstić information content (AvgIpc) is 2.55. The van der Waals surface area contributed by atoms with Crippen LogP contribution in [-0.4, -0.2) is 13.1 Å². The standard InChI is InChI=1S/C20H24N2O2/c1-20(2,3)16-10-6-7-11-17(16)22-19(23)21-14-13-15-9-5-8-12-18(15)24-4/h5-14H,1-4H3,(H2,21,22,23)/b14-13+. The van der Waals surface area contributed by atoms with E-state index in [1.54, 1.807) is 19.4 Å². The molecule has 2 amide bonds. The smallest absolute Gasteiger partial charge is 0.323 e. The van der Waals surface area contributed by atoms with Gasteiger partial charge in [-0.25, -0.2) is 4.79 Å². The predicted octanol–water partition coefficient (Wildman–Crippen LogP) is 4.79. The van der Waals surface area contributed by atoms with Gasteiger partial charge < -0.3 is 15.4 Å². The highest BCUT2D eigenvalue weighted by molar-refractivity contribution is 5.91. The van der Waals surface area contributed by atoms with Gasteiger partial charge in [-0.1, -0.05) is 57.2 Å². The van der Waals surface area contributed by atoms with Crippen molar-refractivity contribution in [2.75, 3.05) is 12.4 Å². The highest BCUT2D eigenvalue weighted by Gasteiger charge is 2.18. The van der Waals surface area contributed by atoms with Gasteiger partial charge in [-0.05, 0) is 29.2 Å². The molecule has 0 aliphatic carbocycles. The van der Waals surface area contributed by atoms with E-state index < -0.39 is 0 Å². The van der Waals surface area contributed by atoms with Crippen molar-refractivity contribution >= 4 is 17.8 Å². The third kappa shape index (κ3) is 4.62. The minimum Gasteiger partial charge on any atom is -0.496 e. The average molecular weight is 324 g/mol. The molecule has 4 heteroatoms. The number of hydrogen-bond donors (Lipinski definition) is 2. The van der Waals surface area contributed by atoms with E-state index >= 15 is 0 Å². The fourth-order valence-electron chi connectivity index (χ4n) is 2.42. The zero-order valence-corrected chi connectivity index (χ0v) is 14.6. The van der Waals surface area contributed by atoms with Crippen molar-refractivity contribution in [2.24, 2.45) is 0 Å². The van der Waals surface area contributed by atoms with Crippen LogP contribution in [0.2, 0.25) is 0 Å². The molecule has 0 radical (unpaired) electrons.